The molecule has 24 heavy (non-hydrogen) atoms. The van der Waals surface area contributed by atoms with Crippen LogP contribution in [0.2, 0.25) is 0 Å². The zero-order valence-corrected chi connectivity index (χ0v) is 14.1. The average Bonchev–Trinajstić information content (AvgIpc) is 2.44. The lowest BCUT2D eigenvalue weighted by molar-refractivity contribution is -0.137. The Morgan fingerprint density at radius 2 is 1.79 bits per heavy atom. The van der Waals surface area contributed by atoms with Gasteiger partial charge in [-0.3, -0.25) is 0 Å². The zero-order chi connectivity index (χ0) is 18.1. The number of carbonyl (C=O) groups is 1. The number of carbonyl (C=O) groups excluding carboxylic acids is 1. The van der Waals surface area contributed by atoms with Crippen LogP contribution < -0.4 is 5.73 Å². The van der Waals surface area contributed by atoms with Gasteiger partial charge in [-0.1, -0.05) is 12.1 Å². The summed E-state index contributed by atoms with van der Waals surface area (Å²) in [6.45, 7) is 6.16. The van der Waals surface area contributed by atoms with E-state index < -0.39 is 23.4 Å². The fraction of sp³-hybridized carbons (Fsp3) is 0.588. The number of ether oxygens (including phenoxy) is 1. The molecule has 1 aromatic carbocycles. The van der Waals surface area contributed by atoms with Crippen LogP contribution in [0.3, 0.4) is 0 Å². The number of benzene rings is 1. The zero-order valence-electron chi connectivity index (χ0n) is 14.1. The van der Waals surface area contributed by atoms with Gasteiger partial charge in [0, 0.05) is 25.0 Å². The first kappa shape index (κ1) is 18.6. The third-order valence-corrected chi connectivity index (χ3v) is 3.98. The highest BCUT2D eigenvalue weighted by molar-refractivity contribution is 5.68. The standard InChI is InChI=1S/C17H23F3N2O2/c1-16(2,3)24-15(23)22-9-8-13(14(21)10-22)11-4-6-12(7-5-11)17(18,19)20/h4-7,13-14H,8-10,21H2,1-3H3/t13-,14+/m1/s1. The Kier molecular flexibility index (Phi) is 5.13. The summed E-state index contributed by atoms with van der Waals surface area (Å²) in [7, 11) is 0. The molecule has 0 spiro atoms. The molecular formula is C17H23F3N2O2. The summed E-state index contributed by atoms with van der Waals surface area (Å²) in [5, 5.41) is 0. The van der Waals surface area contributed by atoms with Crippen molar-refractivity contribution in [2.75, 3.05) is 13.1 Å². The van der Waals surface area contributed by atoms with Crippen molar-refractivity contribution in [3.05, 3.63) is 35.4 Å². The van der Waals surface area contributed by atoms with Gasteiger partial charge in [-0.15, -0.1) is 0 Å². The number of hydrogen-bond donors (Lipinski definition) is 1. The second-order valence-corrected chi connectivity index (χ2v) is 7.11. The number of nitrogens with zero attached hydrogens (tertiary/aromatic N) is 1. The van der Waals surface area contributed by atoms with Crippen LogP contribution >= 0.6 is 0 Å². The molecule has 0 radical (unpaired) electrons. The fourth-order valence-electron chi connectivity index (χ4n) is 2.81. The van der Waals surface area contributed by atoms with Crippen LogP contribution in [-0.4, -0.2) is 35.7 Å². The van der Waals surface area contributed by atoms with E-state index in [2.05, 4.69) is 0 Å². The van der Waals surface area contributed by atoms with Crippen molar-refractivity contribution in [3.8, 4) is 0 Å². The molecule has 1 aliphatic rings. The molecule has 0 unspecified atom stereocenters. The Labute approximate surface area is 139 Å². The highest BCUT2D eigenvalue weighted by Crippen LogP contribution is 2.32. The summed E-state index contributed by atoms with van der Waals surface area (Å²) >= 11 is 0. The number of nitrogens with two attached hydrogens (primary N) is 1. The first-order valence-electron chi connectivity index (χ1n) is 7.88. The molecule has 4 nitrogen and oxygen atoms in total. The Hall–Kier alpha value is -1.76. The molecule has 134 valence electrons. The summed E-state index contributed by atoms with van der Waals surface area (Å²) < 4.78 is 43.2. The SMILES string of the molecule is CC(C)(C)OC(=O)N1CC[C@H](c2ccc(C(F)(F)F)cc2)[C@@H](N)C1. The summed E-state index contributed by atoms with van der Waals surface area (Å²) in [5.41, 5.74) is 5.67. The summed E-state index contributed by atoms with van der Waals surface area (Å²) in [6.07, 6.45) is -4.17. The molecule has 0 aliphatic carbocycles. The van der Waals surface area contributed by atoms with Gasteiger partial charge in [-0.2, -0.15) is 13.2 Å². The summed E-state index contributed by atoms with van der Waals surface area (Å²) in [5.74, 6) is -0.0778. The van der Waals surface area contributed by atoms with Gasteiger partial charge in [0.25, 0.3) is 0 Å². The van der Waals surface area contributed by atoms with Gasteiger partial charge >= 0.3 is 12.3 Å². The molecule has 1 aliphatic heterocycles. The van der Waals surface area contributed by atoms with Crippen molar-refractivity contribution in [1.82, 2.24) is 4.90 Å². The maximum Gasteiger partial charge on any atom is 0.416 e. The molecule has 1 aromatic rings. The van der Waals surface area contributed by atoms with E-state index in [9.17, 15) is 18.0 Å². The van der Waals surface area contributed by atoms with E-state index >= 15 is 0 Å². The Morgan fingerprint density at radius 1 is 1.21 bits per heavy atom. The number of alkyl halides is 3. The van der Waals surface area contributed by atoms with E-state index in [-0.39, 0.29) is 12.0 Å². The lowest BCUT2D eigenvalue weighted by atomic mass is 9.85. The van der Waals surface area contributed by atoms with Gasteiger partial charge < -0.3 is 15.4 Å². The summed E-state index contributed by atoms with van der Waals surface area (Å²) in [4.78, 5) is 13.6. The van der Waals surface area contributed by atoms with Crippen molar-refractivity contribution in [2.24, 2.45) is 5.73 Å². The topological polar surface area (TPSA) is 55.6 Å². The minimum absolute atomic E-state index is 0.0778. The first-order valence-corrected chi connectivity index (χ1v) is 7.88. The Morgan fingerprint density at radius 3 is 2.25 bits per heavy atom. The molecule has 1 fully saturated rings. The number of amides is 1. The number of hydrogen-bond acceptors (Lipinski definition) is 3. The predicted molar refractivity (Wildman–Crippen MR) is 84.6 cm³/mol. The largest absolute Gasteiger partial charge is 0.444 e. The van der Waals surface area contributed by atoms with Crippen molar-refractivity contribution in [1.29, 1.82) is 0 Å². The van der Waals surface area contributed by atoms with Crippen LogP contribution in [0.15, 0.2) is 24.3 Å². The predicted octanol–water partition coefficient (Wildman–Crippen LogP) is 3.76. The molecule has 2 atom stereocenters. The van der Waals surface area contributed by atoms with Gasteiger partial charge in [0.15, 0.2) is 0 Å². The van der Waals surface area contributed by atoms with Crippen molar-refractivity contribution < 1.29 is 22.7 Å². The quantitative estimate of drug-likeness (QED) is 0.844. The third kappa shape index (κ3) is 4.63. The lowest BCUT2D eigenvalue weighted by Gasteiger charge is -2.37. The Balaban J connectivity index is 2.02. The van der Waals surface area contributed by atoms with Crippen molar-refractivity contribution in [3.63, 3.8) is 0 Å². The van der Waals surface area contributed by atoms with Crippen LogP contribution in [0.4, 0.5) is 18.0 Å². The van der Waals surface area contributed by atoms with Gasteiger partial charge in [-0.25, -0.2) is 4.79 Å². The van der Waals surface area contributed by atoms with E-state index in [1.807, 2.05) is 0 Å². The average molecular weight is 344 g/mol. The highest BCUT2D eigenvalue weighted by atomic mass is 19.4. The van der Waals surface area contributed by atoms with E-state index in [4.69, 9.17) is 10.5 Å². The molecule has 1 heterocycles. The molecule has 1 amide bonds. The third-order valence-electron chi connectivity index (χ3n) is 3.98. The van der Waals surface area contributed by atoms with Gasteiger partial charge in [-0.05, 0) is 44.9 Å². The van der Waals surface area contributed by atoms with Crippen LogP contribution in [0.25, 0.3) is 0 Å². The minimum atomic E-state index is -4.35. The second-order valence-electron chi connectivity index (χ2n) is 7.11. The van der Waals surface area contributed by atoms with E-state index in [0.717, 1.165) is 17.7 Å². The van der Waals surface area contributed by atoms with Crippen molar-refractivity contribution >= 4 is 6.09 Å². The van der Waals surface area contributed by atoms with Gasteiger partial charge in [0.05, 0.1) is 5.56 Å². The number of rotatable bonds is 1. The molecule has 0 saturated carbocycles. The maximum absolute atomic E-state index is 12.6. The van der Waals surface area contributed by atoms with Crippen molar-refractivity contribution in [2.45, 2.75) is 50.9 Å². The van der Waals surface area contributed by atoms with E-state index in [1.165, 1.54) is 12.1 Å². The van der Waals surface area contributed by atoms with E-state index in [0.29, 0.717) is 19.5 Å². The number of halogens is 3. The smallest absolute Gasteiger partial charge is 0.416 e. The number of likely N-dealkylation sites (tertiary alicyclic amines) is 1. The molecule has 0 bridgehead atoms. The highest BCUT2D eigenvalue weighted by Gasteiger charge is 2.34. The molecule has 2 N–H and O–H groups in total. The molecular weight excluding hydrogens is 321 g/mol. The monoisotopic (exact) mass is 344 g/mol. The summed E-state index contributed by atoms with van der Waals surface area (Å²) in [6, 6.07) is 4.74. The molecule has 1 saturated heterocycles. The van der Waals surface area contributed by atoms with Crippen LogP contribution in [-0.2, 0) is 10.9 Å². The molecule has 7 heteroatoms. The first-order chi connectivity index (χ1) is 11.0. The second kappa shape index (κ2) is 6.63. The van der Waals surface area contributed by atoms with Crippen LogP contribution in [0, 0.1) is 0 Å². The minimum Gasteiger partial charge on any atom is -0.444 e. The normalized spacial score (nSPS) is 22.4. The fourth-order valence-corrected chi connectivity index (χ4v) is 2.81. The molecule has 0 aromatic heterocycles. The van der Waals surface area contributed by atoms with Gasteiger partial charge in [0.2, 0.25) is 0 Å². The number of piperidine rings is 1. The van der Waals surface area contributed by atoms with Crippen LogP contribution in [0.5, 0.6) is 0 Å². The molecule has 2 rings (SSSR count). The van der Waals surface area contributed by atoms with Gasteiger partial charge in [0.1, 0.15) is 5.60 Å². The maximum atomic E-state index is 12.6. The van der Waals surface area contributed by atoms with Crippen LogP contribution in [0.1, 0.15) is 44.2 Å². The van der Waals surface area contributed by atoms with E-state index in [1.54, 1.807) is 25.7 Å². The lowest BCUT2D eigenvalue weighted by Crippen LogP contribution is -2.50. The Bertz CT molecular complexity index is 579.